The van der Waals surface area contributed by atoms with Crippen molar-refractivity contribution in [3.8, 4) is 0 Å². The number of benzene rings is 5. The summed E-state index contributed by atoms with van der Waals surface area (Å²) < 4.78 is 27.5. The normalized spacial score (nSPS) is 22.3. The third-order valence-corrected chi connectivity index (χ3v) is 16.9. The van der Waals surface area contributed by atoms with Gasteiger partial charge in [0.05, 0.1) is 0 Å². The summed E-state index contributed by atoms with van der Waals surface area (Å²) in [5.74, 6) is 0. The van der Waals surface area contributed by atoms with Crippen molar-refractivity contribution in [2.75, 3.05) is 9.80 Å². The molecule has 2 nitrogen and oxygen atoms in total. The van der Waals surface area contributed by atoms with Gasteiger partial charge in [-0.05, 0) is 193 Å². The van der Waals surface area contributed by atoms with Crippen LogP contribution in [0.5, 0.6) is 0 Å². The van der Waals surface area contributed by atoms with Crippen molar-refractivity contribution in [1.82, 2.24) is 0 Å². The molecule has 5 aromatic rings. The first-order valence-electron chi connectivity index (χ1n) is 25.3. The Morgan fingerprint density at radius 2 is 0.984 bits per heavy atom. The highest BCUT2D eigenvalue weighted by Crippen LogP contribution is 2.55. The van der Waals surface area contributed by atoms with Gasteiger partial charge in [0.1, 0.15) is 0 Å². The van der Waals surface area contributed by atoms with Crippen LogP contribution >= 0.6 is 0 Å². The van der Waals surface area contributed by atoms with Gasteiger partial charge in [0.2, 0.25) is 0 Å². The maximum Gasteiger partial charge on any atom is 0.252 e. The second-order valence-corrected chi connectivity index (χ2v) is 25.4. The van der Waals surface area contributed by atoms with Crippen molar-refractivity contribution in [2.24, 2.45) is 0 Å². The van der Waals surface area contributed by atoms with Crippen molar-refractivity contribution in [2.45, 2.75) is 188 Å². The number of hydrogen-bond donors (Lipinski definition) is 0. The summed E-state index contributed by atoms with van der Waals surface area (Å²) in [6.07, 6.45) is 5.58. The standard InChI is InChI=1S/C59H73BN2/c1-35-26-50-52-51(27-35)62(47-32-44-40(28-36(47)2)58(14,15)34-59(44,16)17)48-29-37(53(3,4)5)18-21-45(48)60(52)46-31-42-43(57(12,13)25-24-56(42,10)11)33-49(46)61(50)38-19-20-39-41(30-38)55(8,9)23-22-54(39,6)7/h18-21,26-33H,22-25,34H2,1-17H3/i1D3. The van der Waals surface area contributed by atoms with Crippen molar-refractivity contribution in [3.05, 3.63) is 123 Å². The zero-order valence-electron chi connectivity index (χ0n) is 43.9. The van der Waals surface area contributed by atoms with Crippen LogP contribution in [0, 0.1) is 13.8 Å². The molecule has 10 rings (SSSR count). The SMILES string of the molecule is [2H]C([2H])([2H])c1cc2c3c(c1)N(c1cc4c(cc1C)C(C)(C)CC4(C)C)c1cc(C(C)(C)C)ccc1B3c1cc3c(cc1N2c1ccc2c(c1)C(C)(C)CCC2(C)C)C(C)(C)CCC3(C)C. The average molecular weight is 824 g/mol. The topological polar surface area (TPSA) is 6.48 Å². The van der Waals surface area contributed by atoms with Gasteiger partial charge in [-0.1, -0.05) is 134 Å². The van der Waals surface area contributed by atoms with E-state index in [1.165, 1.54) is 66.6 Å². The second kappa shape index (κ2) is 12.7. The largest absolute Gasteiger partial charge is 0.311 e. The first-order chi connectivity index (χ1) is 29.8. The molecular weight excluding hydrogens is 747 g/mol. The molecule has 0 fully saturated rings. The van der Waals surface area contributed by atoms with E-state index in [4.69, 9.17) is 4.11 Å². The number of rotatable bonds is 2. The molecule has 0 atom stereocenters. The Bertz CT molecular complexity index is 2860. The molecule has 3 aliphatic carbocycles. The summed E-state index contributed by atoms with van der Waals surface area (Å²) in [5, 5.41) is 0. The number of hydrogen-bond acceptors (Lipinski definition) is 2. The van der Waals surface area contributed by atoms with Crippen LogP contribution in [-0.2, 0) is 37.9 Å². The molecule has 0 unspecified atom stereocenters. The zero-order valence-corrected chi connectivity index (χ0v) is 40.9. The fourth-order valence-corrected chi connectivity index (χ4v) is 13.1. The number of aryl methyl sites for hydroxylation is 2. The van der Waals surface area contributed by atoms with Crippen LogP contribution in [0.1, 0.15) is 190 Å². The summed E-state index contributed by atoms with van der Waals surface area (Å²) in [5.41, 5.74) is 21.6. The molecule has 2 aliphatic heterocycles. The Morgan fingerprint density at radius 3 is 1.58 bits per heavy atom. The molecule has 0 N–H and O–H groups in total. The Morgan fingerprint density at radius 1 is 0.484 bits per heavy atom. The first kappa shape index (κ1) is 38.2. The summed E-state index contributed by atoms with van der Waals surface area (Å²) in [7, 11) is 0. The fourth-order valence-electron chi connectivity index (χ4n) is 13.1. The molecule has 2 heterocycles. The van der Waals surface area contributed by atoms with Gasteiger partial charge < -0.3 is 9.80 Å². The summed E-state index contributed by atoms with van der Waals surface area (Å²) in [6, 6.07) is 28.6. The molecule has 0 amide bonds. The molecule has 62 heavy (non-hydrogen) atoms. The molecule has 322 valence electrons. The average Bonchev–Trinajstić information content (AvgIpc) is 3.37. The van der Waals surface area contributed by atoms with Crippen LogP contribution in [0.4, 0.5) is 34.1 Å². The lowest BCUT2D eigenvalue weighted by Crippen LogP contribution is -2.62. The molecule has 0 saturated carbocycles. The van der Waals surface area contributed by atoms with Gasteiger partial charge in [-0.25, -0.2) is 0 Å². The van der Waals surface area contributed by atoms with E-state index in [2.05, 4.69) is 181 Å². The Hall–Kier alpha value is -4.24. The van der Waals surface area contributed by atoms with E-state index >= 15 is 0 Å². The van der Waals surface area contributed by atoms with Crippen molar-refractivity contribution in [3.63, 3.8) is 0 Å². The molecule has 0 saturated heterocycles. The molecule has 3 heteroatoms. The minimum Gasteiger partial charge on any atom is -0.311 e. The predicted molar refractivity (Wildman–Crippen MR) is 270 cm³/mol. The number of fused-ring (bicyclic) bond motifs is 7. The summed E-state index contributed by atoms with van der Waals surface area (Å²) in [6.45, 7) is 35.6. The predicted octanol–water partition coefficient (Wildman–Crippen LogP) is 14.3. The monoisotopic (exact) mass is 824 g/mol. The number of anilines is 6. The lowest BCUT2D eigenvalue weighted by molar-refractivity contribution is 0.332. The fraction of sp³-hybridized carbons (Fsp3) is 0.492. The van der Waals surface area contributed by atoms with Crippen LogP contribution in [0.3, 0.4) is 0 Å². The van der Waals surface area contributed by atoms with E-state index < -0.39 is 6.85 Å². The van der Waals surface area contributed by atoms with E-state index in [0.29, 0.717) is 5.56 Å². The second-order valence-electron chi connectivity index (χ2n) is 25.4. The molecule has 0 aromatic heterocycles. The lowest BCUT2D eigenvalue weighted by Gasteiger charge is -2.48. The van der Waals surface area contributed by atoms with Crippen molar-refractivity contribution < 1.29 is 4.11 Å². The molecule has 5 aromatic carbocycles. The highest BCUT2D eigenvalue weighted by atomic mass is 15.2. The Labute approximate surface area is 380 Å². The zero-order chi connectivity index (χ0) is 47.1. The van der Waals surface area contributed by atoms with Crippen LogP contribution in [0.25, 0.3) is 0 Å². The summed E-state index contributed by atoms with van der Waals surface area (Å²) in [4.78, 5) is 4.98. The molecule has 0 spiro atoms. The van der Waals surface area contributed by atoms with E-state index in [0.717, 1.165) is 60.5 Å². The van der Waals surface area contributed by atoms with Gasteiger partial charge in [-0.15, -0.1) is 0 Å². The van der Waals surface area contributed by atoms with Gasteiger partial charge in [0, 0.05) is 38.2 Å². The van der Waals surface area contributed by atoms with E-state index in [1.807, 2.05) is 12.1 Å². The third kappa shape index (κ3) is 5.94. The quantitative estimate of drug-likeness (QED) is 0.160. The third-order valence-electron chi connectivity index (χ3n) is 16.9. The highest BCUT2D eigenvalue weighted by Gasteiger charge is 2.49. The minimum atomic E-state index is -2.34. The van der Waals surface area contributed by atoms with Gasteiger partial charge in [0.25, 0.3) is 6.71 Å². The highest BCUT2D eigenvalue weighted by molar-refractivity contribution is 7.00. The smallest absolute Gasteiger partial charge is 0.252 e. The van der Waals surface area contributed by atoms with E-state index in [9.17, 15) is 0 Å². The van der Waals surface area contributed by atoms with Crippen LogP contribution in [0.2, 0.25) is 0 Å². The molecular formula is C59H73BN2. The molecule has 0 bridgehead atoms. The van der Waals surface area contributed by atoms with Crippen molar-refractivity contribution in [1.29, 1.82) is 0 Å². The molecule has 0 radical (unpaired) electrons. The first-order valence-corrected chi connectivity index (χ1v) is 23.8. The van der Waals surface area contributed by atoms with Gasteiger partial charge >= 0.3 is 0 Å². The van der Waals surface area contributed by atoms with Gasteiger partial charge in [0.15, 0.2) is 0 Å². The van der Waals surface area contributed by atoms with Crippen molar-refractivity contribution >= 4 is 57.2 Å². The van der Waals surface area contributed by atoms with E-state index in [1.54, 1.807) is 0 Å². The maximum atomic E-state index is 9.15. The molecule has 5 aliphatic rings. The summed E-state index contributed by atoms with van der Waals surface area (Å²) >= 11 is 0. The number of nitrogens with zero attached hydrogens (tertiary/aromatic N) is 2. The van der Waals surface area contributed by atoms with Gasteiger partial charge in [-0.3, -0.25) is 0 Å². The Kier molecular flexibility index (Phi) is 7.85. The maximum absolute atomic E-state index is 9.15. The van der Waals surface area contributed by atoms with Crippen LogP contribution in [0.15, 0.2) is 72.8 Å². The van der Waals surface area contributed by atoms with Crippen LogP contribution < -0.4 is 26.2 Å². The lowest BCUT2D eigenvalue weighted by atomic mass is 9.33. The van der Waals surface area contributed by atoms with E-state index in [-0.39, 0.29) is 44.6 Å². The minimum absolute atomic E-state index is 0.00208. The van der Waals surface area contributed by atoms with Gasteiger partial charge in [-0.2, -0.15) is 0 Å². The van der Waals surface area contributed by atoms with Crippen LogP contribution in [-0.4, -0.2) is 6.71 Å². The Balaban J connectivity index is 1.36.